The first kappa shape index (κ1) is 7.80. The fourth-order valence-corrected chi connectivity index (χ4v) is 1.49. The molecule has 1 heterocycles. The molecule has 1 aliphatic carbocycles. The molecule has 0 spiro atoms. The maximum Gasteiger partial charge on any atom is 0.198 e. The molecule has 0 unspecified atom stereocenters. The van der Waals surface area contributed by atoms with Crippen LogP contribution in [-0.2, 0) is 0 Å². The second kappa shape index (κ2) is 2.98. The van der Waals surface area contributed by atoms with Gasteiger partial charge in [-0.1, -0.05) is 24.3 Å². The number of nitrogens with zero attached hydrogens (tertiary/aromatic N) is 1. The van der Waals surface area contributed by atoms with Crippen molar-refractivity contribution in [3.63, 3.8) is 0 Å². The molecule has 1 radical (unpaired) electrons. The zero-order chi connectivity index (χ0) is 9.38. The van der Waals surface area contributed by atoms with Gasteiger partial charge < -0.3 is 4.42 Å². The molecule has 0 aliphatic heterocycles. The minimum absolute atomic E-state index is 0.582. The lowest BCUT2D eigenvalue weighted by Gasteiger charge is -1.93. The van der Waals surface area contributed by atoms with Gasteiger partial charge >= 0.3 is 0 Å². The summed E-state index contributed by atoms with van der Waals surface area (Å²) in [4.78, 5) is 4.28. The van der Waals surface area contributed by atoms with E-state index in [0.717, 1.165) is 17.2 Å². The first-order valence-electron chi connectivity index (χ1n) is 4.86. The summed E-state index contributed by atoms with van der Waals surface area (Å²) < 4.78 is 5.67. The third-order valence-corrected chi connectivity index (χ3v) is 2.45. The molecule has 1 saturated carbocycles. The van der Waals surface area contributed by atoms with Gasteiger partial charge in [-0.15, -0.1) is 0 Å². The Morgan fingerprint density at radius 2 is 2.07 bits per heavy atom. The minimum Gasteiger partial charge on any atom is -0.440 e. The molecule has 14 heavy (non-hydrogen) atoms. The van der Waals surface area contributed by atoms with Crippen LogP contribution in [0.2, 0.25) is 0 Å². The minimum atomic E-state index is 0.582. The molecule has 0 atom stereocenters. The van der Waals surface area contributed by atoms with Gasteiger partial charge in [-0.2, -0.15) is 0 Å². The monoisotopic (exact) mass is 184 g/mol. The molecule has 2 aromatic rings. The van der Waals surface area contributed by atoms with Crippen molar-refractivity contribution in [1.82, 2.24) is 4.98 Å². The van der Waals surface area contributed by atoms with Crippen molar-refractivity contribution in [2.45, 2.75) is 18.8 Å². The zero-order valence-corrected chi connectivity index (χ0v) is 7.73. The van der Waals surface area contributed by atoms with Crippen LogP contribution in [0.3, 0.4) is 0 Å². The lowest BCUT2D eigenvalue weighted by atomic mass is 10.2. The molecule has 1 aromatic heterocycles. The Bertz CT molecular complexity index is 429. The molecule has 2 heteroatoms. The highest BCUT2D eigenvalue weighted by atomic mass is 16.4. The van der Waals surface area contributed by atoms with Crippen LogP contribution in [-0.4, -0.2) is 4.98 Å². The summed E-state index contributed by atoms with van der Waals surface area (Å²) in [5.41, 5.74) is 1.07. The van der Waals surface area contributed by atoms with Crippen LogP contribution in [0.4, 0.5) is 0 Å². The van der Waals surface area contributed by atoms with Crippen LogP contribution >= 0.6 is 0 Å². The predicted octanol–water partition coefficient (Wildman–Crippen LogP) is 3.02. The van der Waals surface area contributed by atoms with Crippen molar-refractivity contribution in [1.29, 1.82) is 0 Å². The van der Waals surface area contributed by atoms with E-state index in [4.69, 9.17) is 4.42 Å². The Labute approximate surface area is 82.6 Å². The molecular weight excluding hydrogens is 174 g/mol. The van der Waals surface area contributed by atoms with Crippen molar-refractivity contribution in [3.05, 3.63) is 42.4 Å². The van der Waals surface area contributed by atoms with E-state index >= 15 is 0 Å². The van der Waals surface area contributed by atoms with Gasteiger partial charge in [0.25, 0.3) is 0 Å². The first-order chi connectivity index (χ1) is 6.93. The van der Waals surface area contributed by atoms with Gasteiger partial charge in [-0.3, -0.25) is 0 Å². The van der Waals surface area contributed by atoms with Crippen LogP contribution in [0.1, 0.15) is 24.7 Å². The van der Waals surface area contributed by atoms with Crippen molar-refractivity contribution in [3.8, 4) is 11.3 Å². The number of hydrogen-bond donors (Lipinski definition) is 0. The third kappa shape index (κ3) is 1.33. The quantitative estimate of drug-likeness (QED) is 0.717. The Morgan fingerprint density at radius 3 is 2.79 bits per heavy atom. The van der Waals surface area contributed by atoms with Gasteiger partial charge in [-0.05, 0) is 18.9 Å². The Hall–Kier alpha value is -1.57. The summed E-state index contributed by atoms with van der Waals surface area (Å²) in [7, 11) is 0. The highest BCUT2D eigenvalue weighted by molar-refractivity contribution is 5.55. The molecular formula is C12H10NO. The van der Waals surface area contributed by atoms with Crippen molar-refractivity contribution >= 4 is 0 Å². The van der Waals surface area contributed by atoms with Gasteiger partial charge in [0.2, 0.25) is 0 Å². The highest BCUT2D eigenvalue weighted by Gasteiger charge is 2.28. The van der Waals surface area contributed by atoms with E-state index in [-0.39, 0.29) is 0 Å². The van der Waals surface area contributed by atoms with E-state index in [2.05, 4.69) is 11.1 Å². The van der Waals surface area contributed by atoms with Crippen LogP contribution in [0.15, 0.2) is 34.9 Å². The molecule has 1 aromatic carbocycles. The molecule has 0 bridgehead atoms. The van der Waals surface area contributed by atoms with E-state index in [1.54, 1.807) is 0 Å². The fraction of sp³-hybridized carbons (Fsp3) is 0.250. The van der Waals surface area contributed by atoms with E-state index in [1.165, 1.54) is 12.8 Å². The van der Waals surface area contributed by atoms with E-state index < -0.39 is 0 Å². The van der Waals surface area contributed by atoms with Crippen molar-refractivity contribution in [2.75, 3.05) is 0 Å². The second-order valence-electron chi connectivity index (χ2n) is 3.63. The maximum absolute atomic E-state index is 5.67. The number of oxazole rings is 1. The number of hydrogen-bond acceptors (Lipinski definition) is 2. The number of benzene rings is 1. The largest absolute Gasteiger partial charge is 0.440 e. The van der Waals surface area contributed by atoms with Crippen LogP contribution in [0, 0.1) is 6.07 Å². The first-order valence-corrected chi connectivity index (χ1v) is 4.86. The number of rotatable bonds is 2. The zero-order valence-electron chi connectivity index (χ0n) is 7.73. The summed E-state index contributed by atoms with van der Waals surface area (Å²) in [6.07, 6.45) is 4.26. The maximum atomic E-state index is 5.67. The summed E-state index contributed by atoms with van der Waals surface area (Å²) >= 11 is 0. The Kier molecular flexibility index (Phi) is 1.66. The molecule has 1 fully saturated rings. The van der Waals surface area contributed by atoms with Gasteiger partial charge in [0.15, 0.2) is 11.7 Å². The fourth-order valence-electron chi connectivity index (χ4n) is 1.49. The average Bonchev–Trinajstić information content (AvgIpc) is 2.98. The molecule has 0 amide bonds. The third-order valence-electron chi connectivity index (χ3n) is 2.45. The topological polar surface area (TPSA) is 26.0 Å². The Morgan fingerprint density at radius 1 is 1.29 bits per heavy atom. The van der Waals surface area contributed by atoms with E-state index in [9.17, 15) is 0 Å². The smallest absolute Gasteiger partial charge is 0.198 e. The lowest BCUT2D eigenvalue weighted by molar-refractivity contribution is 0.509. The molecule has 2 nitrogen and oxygen atoms in total. The summed E-state index contributed by atoms with van der Waals surface area (Å²) in [6, 6.07) is 10.7. The summed E-state index contributed by atoms with van der Waals surface area (Å²) in [5.74, 6) is 2.34. The average molecular weight is 184 g/mol. The highest BCUT2D eigenvalue weighted by Crippen LogP contribution is 2.40. The molecule has 1 aliphatic rings. The van der Waals surface area contributed by atoms with Crippen LogP contribution in [0.25, 0.3) is 11.3 Å². The molecule has 0 saturated heterocycles. The molecule has 3 rings (SSSR count). The van der Waals surface area contributed by atoms with Gasteiger partial charge in [0.1, 0.15) is 0 Å². The number of aromatic nitrogens is 1. The van der Waals surface area contributed by atoms with Gasteiger partial charge in [0, 0.05) is 11.5 Å². The predicted molar refractivity (Wildman–Crippen MR) is 52.8 cm³/mol. The van der Waals surface area contributed by atoms with Crippen molar-refractivity contribution in [2.24, 2.45) is 0 Å². The van der Waals surface area contributed by atoms with Crippen molar-refractivity contribution < 1.29 is 4.42 Å². The molecule has 0 N–H and O–H groups in total. The summed E-state index contributed by atoms with van der Waals surface area (Å²) in [5, 5.41) is 0. The standard InChI is InChI=1S/C12H10NO/c1-2-4-9(5-3-1)11-8-13-12(14-11)10-6-7-10/h2-5,8,10H,6-7H2. The van der Waals surface area contributed by atoms with Gasteiger partial charge in [-0.25, -0.2) is 4.98 Å². The lowest BCUT2D eigenvalue weighted by Crippen LogP contribution is -1.74. The van der Waals surface area contributed by atoms with Crippen LogP contribution in [0.5, 0.6) is 0 Å². The van der Waals surface area contributed by atoms with Crippen LogP contribution < -0.4 is 0 Å². The normalized spacial score (nSPS) is 15.7. The summed E-state index contributed by atoms with van der Waals surface area (Å²) in [6.45, 7) is 0. The second-order valence-corrected chi connectivity index (χ2v) is 3.63. The van der Waals surface area contributed by atoms with E-state index in [0.29, 0.717) is 5.92 Å². The van der Waals surface area contributed by atoms with Gasteiger partial charge in [0.05, 0.1) is 6.20 Å². The van der Waals surface area contributed by atoms with E-state index in [1.807, 2.05) is 30.5 Å². The molecule has 69 valence electrons. The Balaban J connectivity index is 1.96. The SMILES string of the molecule is [c]1ccc(-c2cnc(C3CC3)o2)cc1.